The van der Waals surface area contributed by atoms with Crippen LogP contribution in [-0.2, 0) is 13.0 Å². The summed E-state index contributed by atoms with van der Waals surface area (Å²) in [5, 5.41) is 8.48. The highest BCUT2D eigenvalue weighted by atomic mass is 19.4. The zero-order chi connectivity index (χ0) is 12.2. The molecule has 0 spiro atoms. The van der Waals surface area contributed by atoms with Gasteiger partial charge in [0.15, 0.2) is 5.92 Å². The van der Waals surface area contributed by atoms with Crippen LogP contribution in [-0.4, -0.2) is 15.7 Å². The fourth-order valence-corrected chi connectivity index (χ4v) is 1.37. The molecular formula is C10H12F3N3. The normalized spacial score (nSPS) is 13.4. The Kier molecular flexibility index (Phi) is 3.93. The van der Waals surface area contributed by atoms with E-state index in [-0.39, 0.29) is 6.54 Å². The van der Waals surface area contributed by atoms with Gasteiger partial charge in [-0.3, -0.25) is 0 Å². The second-order valence-corrected chi connectivity index (χ2v) is 3.47. The highest BCUT2D eigenvalue weighted by molar-refractivity contribution is 4.97. The highest BCUT2D eigenvalue weighted by Gasteiger charge is 2.40. The summed E-state index contributed by atoms with van der Waals surface area (Å²) in [6.07, 6.45) is -0.136. The average molecular weight is 231 g/mol. The smallest absolute Gasteiger partial charge is 0.333 e. The van der Waals surface area contributed by atoms with Crippen LogP contribution in [0.1, 0.15) is 19.2 Å². The maximum absolute atomic E-state index is 12.4. The van der Waals surface area contributed by atoms with Gasteiger partial charge in [-0.1, -0.05) is 6.92 Å². The number of aryl methyl sites for hydroxylation is 1. The SMILES string of the molecule is CCCc1nccn1CC(C#N)C(F)(F)F. The van der Waals surface area contributed by atoms with E-state index in [9.17, 15) is 13.2 Å². The lowest BCUT2D eigenvalue weighted by Crippen LogP contribution is -2.26. The van der Waals surface area contributed by atoms with Gasteiger partial charge in [-0.05, 0) is 6.42 Å². The van der Waals surface area contributed by atoms with Gasteiger partial charge in [0.2, 0.25) is 0 Å². The van der Waals surface area contributed by atoms with Gasteiger partial charge in [-0.2, -0.15) is 18.4 Å². The van der Waals surface area contributed by atoms with Gasteiger partial charge >= 0.3 is 6.18 Å². The molecule has 0 aromatic carbocycles. The summed E-state index contributed by atoms with van der Waals surface area (Å²) in [5.41, 5.74) is 0. The largest absolute Gasteiger partial charge is 0.406 e. The first kappa shape index (κ1) is 12.6. The third-order valence-electron chi connectivity index (χ3n) is 2.21. The molecule has 1 aromatic rings. The molecule has 0 aliphatic rings. The van der Waals surface area contributed by atoms with E-state index in [4.69, 9.17) is 5.26 Å². The lowest BCUT2D eigenvalue weighted by molar-refractivity contribution is -0.162. The fraction of sp³-hybridized carbons (Fsp3) is 0.600. The Morgan fingerprint density at radius 3 is 2.75 bits per heavy atom. The minimum Gasteiger partial charge on any atom is -0.333 e. The predicted molar refractivity (Wildman–Crippen MR) is 51.4 cm³/mol. The number of hydrogen-bond acceptors (Lipinski definition) is 2. The summed E-state index contributed by atoms with van der Waals surface area (Å²) < 4.78 is 38.5. The Labute approximate surface area is 91.5 Å². The van der Waals surface area contributed by atoms with Crippen LogP contribution in [0.25, 0.3) is 0 Å². The van der Waals surface area contributed by atoms with Crippen molar-refractivity contribution in [2.24, 2.45) is 5.92 Å². The maximum Gasteiger partial charge on any atom is 0.406 e. The molecule has 1 aromatic heterocycles. The predicted octanol–water partition coefficient (Wildman–Crippen LogP) is 2.54. The number of halogens is 3. The van der Waals surface area contributed by atoms with E-state index in [1.165, 1.54) is 23.0 Å². The molecule has 1 unspecified atom stereocenters. The van der Waals surface area contributed by atoms with E-state index in [0.29, 0.717) is 12.2 Å². The van der Waals surface area contributed by atoms with E-state index >= 15 is 0 Å². The Morgan fingerprint density at radius 2 is 2.25 bits per heavy atom. The highest BCUT2D eigenvalue weighted by Crippen LogP contribution is 2.27. The zero-order valence-corrected chi connectivity index (χ0v) is 8.83. The molecular weight excluding hydrogens is 219 g/mol. The van der Waals surface area contributed by atoms with Crippen molar-refractivity contribution in [3.8, 4) is 6.07 Å². The molecule has 3 nitrogen and oxygen atoms in total. The molecule has 0 aliphatic carbocycles. The first-order valence-corrected chi connectivity index (χ1v) is 4.95. The van der Waals surface area contributed by atoms with Crippen LogP contribution in [0, 0.1) is 17.2 Å². The van der Waals surface area contributed by atoms with Gasteiger partial charge in [-0.15, -0.1) is 0 Å². The molecule has 1 heterocycles. The van der Waals surface area contributed by atoms with E-state index < -0.39 is 12.1 Å². The van der Waals surface area contributed by atoms with Gasteiger partial charge in [0, 0.05) is 25.4 Å². The van der Waals surface area contributed by atoms with Crippen LogP contribution in [0.3, 0.4) is 0 Å². The van der Waals surface area contributed by atoms with Crippen LogP contribution in [0.4, 0.5) is 13.2 Å². The molecule has 1 rings (SSSR count). The van der Waals surface area contributed by atoms with E-state index in [1.54, 1.807) is 0 Å². The lowest BCUT2D eigenvalue weighted by atomic mass is 10.1. The van der Waals surface area contributed by atoms with Crippen molar-refractivity contribution in [1.82, 2.24) is 9.55 Å². The Hall–Kier alpha value is -1.51. The van der Waals surface area contributed by atoms with Crippen molar-refractivity contribution in [2.45, 2.75) is 32.5 Å². The molecule has 0 radical (unpaired) electrons. The van der Waals surface area contributed by atoms with Crippen LogP contribution in [0.5, 0.6) is 0 Å². The Balaban J connectivity index is 2.79. The Bertz CT molecular complexity index is 375. The number of aromatic nitrogens is 2. The monoisotopic (exact) mass is 231 g/mol. The van der Waals surface area contributed by atoms with Gasteiger partial charge in [0.1, 0.15) is 5.82 Å². The minimum absolute atomic E-state index is 0.380. The maximum atomic E-state index is 12.4. The number of nitrogens with zero attached hydrogens (tertiary/aromatic N) is 3. The van der Waals surface area contributed by atoms with Gasteiger partial charge in [0.05, 0.1) is 6.07 Å². The second-order valence-electron chi connectivity index (χ2n) is 3.47. The standard InChI is InChI=1S/C10H12F3N3/c1-2-3-9-15-4-5-16(9)7-8(6-14)10(11,12)13/h4-5,8H,2-3,7H2,1H3. The molecule has 0 amide bonds. The molecule has 0 saturated heterocycles. The number of rotatable bonds is 4. The summed E-state index contributed by atoms with van der Waals surface area (Å²) in [6, 6.07) is 1.28. The van der Waals surface area contributed by atoms with Crippen LogP contribution < -0.4 is 0 Å². The summed E-state index contributed by atoms with van der Waals surface area (Å²) in [7, 11) is 0. The van der Waals surface area contributed by atoms with Crippen LogP contribution >= 0.6 is 0 Å². The van der Waals surface area contributed by atoms with E-state index in [1.807, 2.05) is 6.92 Å². The first-order chi connectivity index (χ1) is 7.49. The topological polar surface area (TPSA) is 41.6 Å². The molecule has 0 bridgehead atoms. The van der Waals surface area contributed by atoms with Crippen molar-refractivity contribution in [3.05, 3.63) is 18.2 Å². The number of alkyl halides is 3. The summed E-state index contributed by atoms with van der Waals surface area (Å²) in [4.78, 5) is 3.96. The van der Waals surface area contributed by atoms with Gasteiger partial charge in [0.25, 0.3) is 0 Å². The summed E-state index contributed by atoms with van der Waals surface area (Å²) >= 11 is 0. The quantitative estimate of drug-likeness (QED) is 0.799. The second kappa shape index (κ2) is 5.01. The molecule has 88 valence electrons. The number of hydrogen-bond donors (Lipinski definition) is 0. The van der Waals surface area contributed by atoms with Crippen LogP contribution in [0.15, 0.2) is 12.4 Å². The fourth-order valence-electron chi connectivity index (χ4n) is 1.37. The van der Waals surface area contributed by atoms with Crippen molar-refractivity contribution in [2.75, 3.05) is 0 Å². The van der Waals surface area contributed by atoms with Gasteiger partial charge < -0.3 is 4.57 Å². The molecule has 0 fully saturated rings. The summed E-state index contributed by atoms with van der Waals surface area (Å²) in [5.74, 6) is -1.38. The van der Waals surface area contributed by atoms with Crippen molar-refractivity contribution >= 4 is 0 Å². The summed E-state index contributed by atoms with van der Waals surface area (Å²) in [6.45, 7) is 1.54. The average Bonchev–Trinajstić information content (AvgIpc) is 2.60. The number of nitriles is 1. The molecule has 1 atom stereocenters. The number of imidazole rings is 1. The van der Waals surface area contributed by atoms with E-state index in [2.05, 4.69) is 4.98 Å². The molecule has 0 saturated carbocycles. The Morgan fingerprint density at radius 1 is 1.56 bits per heavy atom. The van der Waals surface area contributed by atoms with Gasteiger partial charge in [-0.25, -0.2) is 4.98 Å². The minimum atomic E-state index is -4.48. The first-order valence-electron chi connectivity index (χ1n) is 4.95. The van der Waals surface area contributed by atoms with Crippen LogP contribution in [0.2, 0.25) is 0 Å². The van der Waals surface area contributed by atoms with Crippen molar-refractivity contribution in [1.29, 1.82) is 5.26 Å². The van der Waals surface area contributed by atoms with Crippen molar-refractivity contribution < 1.29 is 13.2 Å². The lowest BCUT2D eigenvalue weighted by Gasteiger charge is -2.15. The van der Waals surface area contributed by atoms with Crippen molar-refractivity contribution in [3.63, 3.8) is 0 Å². The molecule has 16 heavy (non-hydrogen) atoms. The third-order valence-corrected chi connectivity index (χ3v) is 2.21. The molecule has 6 heteroatoms. The van der Waals surface area contributed by atoms with E-state index in [0.717, 1.165) is 6.42 Å². The molecule has 0 N–H and O–H groups in total. The third kappa shape index (κ3) is 2.99. The molecule has 0 aliphatic heterocycles. The zero-order valence-electron chi connectivity index (χ0n) is 8.83.